The van der Waals surface area contributed by atoms with E-state index in [-0.39, 0.29) is 0 Å². The third-order valence-corrected chi connectivity index (χ3v) is 1.68. The van der Waals surface area contributed by atoms with Crippen LogP contribution in [-0.2, 0) is 0 Å². The van der Waals surface area contributed by atoms with Gasteiger partial charge in [-0.1, -0.05) is 6.92 Å². The zero-order chi connectivity index (χ0) is 10.4. The van der Waals surface area contributed by atoms with Gasteiger partial charge in [-0.3, -0.25) is 0 Å². The van der Waals surface area contributed by atoms with Crippen LogP contribution in [0.2, 0.25) is 0 Å². The summed E-state index contributed by atoms with van der Waals surface area (Å²) in [5, 5.41) is 20.4. The first kappa shape index (κ1) is 10.0. The minimum atomic E-state index is 0.406. The maximum atomic E-state index is 8.80. The van der Waals surface area contributed by atoms with Gasteiger partial charge in [-0.05, 0) is 12.5 Å². The summed E-state index contributed by atoms with van der Waals surface area (Å²) in [6.45, 7) is 2.80. The van der Waals surface area contributed by atoms with Gasteiger partial charge in [0.15, 0.2) is 0 Å². The van der Waals surface area contributed by atoms with E-state index in [0.29, 0.717) is 16.9 Å². The Morgan fingerprint density at radius 1 is 1.43 bits per heavy atom. The van der Waals surface area contributed by atoms with Crippen LogP contribution in [0.1, 0.15) is 24.5 Å². The second-order valence-corrected chi connectivity index (χ2v) is 2.77. The van der Waals surface area contributed by atoms with Crippen LogP contribution in [0.3, 0.4) is 0 Å². The molecule has 1 heterocycles. The first-order chi connectivity index (χ1) is 6.81. The summed E-state index contributed by atoms with van der Waals surface area (Å²) in [5.74, 6) is 0.549. The first-order valence-electron chi connectivity index (χ1n) is 4.36. The zero-order valence-corrected chi connectivity index (χ0v) is 7.91. The number of hydrogen-bond donors (Lipinski definition) is 1. The number of pyridine rings is 1. The van der Waals surface area contributed by atoms with Crippen LogP contribution in [0.15, 0.2) is 12.3 Å². The lowest BCUT2D eigenvalue weighted by Crippen LogP contribution is -2.04. The molecule has 0 saturated carbocycles. The summed E-state index contributed by atoms with van der Waals surface area (Å²) < 4.78 is 0. The molecule has 0 saturated heterocycles. The standard InChI is InChI=1S/C10H10N4/c1-2-3-13-10-9(6-12)4-8(5-11)7-14-10/h4,7H,2-3H2,1H3,(H,13,14). The fraction of sp³-hybridized carbons (Fsp3) is 0.300. The van der Waals surface area contributed by atoms with Gasteiger partial charge in [-0.25, -0.2) is 4.98 Å². The molecule has 0 unspecified atom stereocenters. The van der Waals surface area contributed by atoms with E-state index in [1.807, 2.05) is 19.1 Å². The maximum absolute atomic E-state index is 8.80. The highest BCUT2D eigenvalue weighted by atomic mass is 15.0. The molecular formula is C10H10N4. The molecule has 70 valence electrons. The summed E-state index contributed by atoms with van der Waals surface area (Å²) in [4.78, 5) is 4.00. The van der Waals surface area contributed by atoms with E-state index >= 15 is 0 Å². The molecule has 1 aromatic heterocycles. The third-order valence-electron chi connectivity index (χ3n) is 1.68. The van der Waals surface area contributed by atoms with Crippen molar-refractivity contribution >= 4 is 5.82 Å². The van der Waals surface area contributed by atoms with Crippen molar-refractivity contribution in [2.45, 2.75) is 13.3 Å². The van der Waals surface area contributed by atoms with Crippen molar-refractivity contribution in [3.63, 3.8) is 0 Å². The highest BCUT2D eigenvalue weighted by Crippen LogP contribution is 2.12. The van der Waals surface area contributed by atoms with Crippen molar-refractivity contribution in [3.05, 3.63) is 23.4 Å². The Balaban J connectivity index is 2.96. The fourth-order valence-corrected chi connectivity index (χ4v) is 0.995. The lowest BCUT2D eigenvalue weighted by atomic mass is 10.2. The molecule has 0 aliphatic rings. The summed E-state index contributed by atoms with van der Waals surface area (Å²) in [7, 11) is 0. The molecule has 1 aromatic rings. The number of nitrogens with one attached hydrogen (secondary N) is 1. The number of rotatable bonds is 3. The molecule has 0 amide bonds. The molecule has 1 N–H and O–H groups in total. The molecule has 0 aliphatic carbocycles. The second kappa shape index (κ2) is 4.84. The number of anilines is 1. The highest BCUT2D eigenvalue weighted by Gasteiger charge is 2.03. The van der Waals surface area contributed by atoms with E-state index < -0.39 is 0 Å². The Hall–Kier alpha value is -2.07. The Labute approximate surface area is 82.8 Å². The number of hydrogen-bond acceptors (Lipinski definition) is 4. The van der Waals surface area contributed by atoms with Crippen LogP contribution >= 0.6 is 0 Å². The monoisotopic (exact) mass is 186 g/mol. The smallest absolute Gasteiger partial charge is 0.143 e. The van der Waals surface area contributed by atoms with Gasteiger partial charge >= 0.3 is 0 Å². The molecule has 0 aliphatic heterocycles. The topological polar surface area (TPSA) is 72.5 Å². The zero-order valence-electron chi connectivity index (χ0n) is 7.91. The molecule has 0 atom stereocenters. The van der Waals surface area contributed by atoms with E-state index in [2.05, 4.69) is 10.3 Å². The summed E-state index contributed by atoms with van der Waals surface area (Å²) in [6, 6.07) is 5.48. The number of nitriles is 2. The van der Waals surface area contributed by atoms with Gasteiger partial charge in [-0.15, -0.1) is 0 Å². The maximum Gasteiger partial charge on any atom is 0.143 e. The van der Waals surface area contributed by atoms with Crippen molar-refractivity contribution in [2.75, 3.05) is 11.9 Å². The second-order valence-electron chi connectivity index (χ2n) is 2.77. The third kappa shape index (κ3) is 2.21. The quantitative estimate of drug-likeness (QED) is 0.778. The van der Waals surface area contributed by atoms with Gasteiger partial charge in [0, 0.05) is 12.7 Å². The van der Waals surface area contributed by atoms with Gasteiger partial charge in [0.2, 0.25) is 0 Å². The van der Waals surface area contributed by atoms with Crippen LogP contribution < -0.4 is 5.32 Å². The lowest BCUT2D eigenvalue weighted by Gasteiger charge is -2.04. The van der Waals surface area contributed by atoms with Crippen LogP contribution in [0, 0.1) is 22.7 Å². The van der Waals surface area contributed by atoms with E-state index in [4.69, 9.17) is 10.5 Å². The van der Waals surface area contributed by atoms with Crippen LogP contribution in [0.5, 0.6) is 0 Å². The van der Waals surface area contributed by atoms with E-state index in [1.165, 1.54) is 12.3 Å². The molecule has 14 heavy (non-hydrogen) atoms. The van der Waals surface area contributed by atoms with Gasteiger partial charge in [-0.2, -0.15) is 10.5 Å². The summed E-state index contributed by atoms with van der Waals surface area (Å²) in [6.07, 6.45) is 2.42. The molecule has 4 nitrogen and oxygen atoms in total. The van der Waals surface area contributed by atoms with E-state index in [1.54, 1.807) is 0 Å². The number of aromatic nitrogens is 1. The van der Waals surface area contributed by atoms with E-state index in [9.17, 15) is 0 Å². The Bertz CT molecular complexity index is 398. The van der Waals surface area contributed by atoms with Gasteiger partial charge in [0.05, 0.1) is 11.1 Å². The Morgan fingerprint density at radius 2 is 2.21 bits per heavy atom. The van der Waals surface area contributed by atoms with Crippen molar-refractivity contribution in [1.29, 1.82) is 10.5 Å². The SMILES string of the molecule is CCCNc1ncc(C#N)cc1C#N. The van der Waals surface area contributed by atoms with Crippen LogP contribution in [0.4, 0.5) is 5.82 Å². The van der Waals surface area contributed by atoms with Crippen LogP contribution in [0.25, 0.3) is 0 Å². The van der Waals surface area contributed by atoms with Crippen molar-refractivity contribution < 1.29 is 0 Å². The van der Waals surface area contributed by atoms with Crippen LogP contribution in [-0.4, -0.2) is 11.5 Å². The molecule has 0 spiro atoms. The minimum Gasteiger partial charge on any atom is -0.369 e. The predicted octanol–water partition coefficient (Wildman–Crippen LogP) is 1.65. The van der Waals surface area contributed by atoms with Gasteiger partial charge < -0.3 is 5.32 Å². The Kier molecular flexibility index (Phi) is 3.46. The number of nitrogens with zero attached hydrogens (tertiary/aromatic N) is 3. The average Bonchev–Trinajstić information content (AvgIpc) is 2.26. The predicted molar refractivity (Wildman–Crippen MR) is 52.4 cm³/mol. The Morgan fingerprint density at radius 3 is 2.79 bits per heavy atom. The minimum absolute atomic E-state index is 0.406. The molecule has 4 heteroatoms. The fourth-order valence-electron chi connectivity index (χ4n) is 0.995. The average molecular weight is 186 g/mol. The molecule has 1 rings (SSSR count). The first-order valence-corrected chi connectivity index (χ1v) is 4.36. The van der Waals surface area contributed by atoms with Crippen molar-refractivity contribution in [2.24, 2.45) is 0 Å². The molecule has 0 fully saturated rings. The molecule has 0 radical (unpaired) electrons. The van der Waals surface area contributed by atoms with Crippen molar-refractivity contribution in [3.8, 4) is 12.1 Å². The lowest BCUT2D eigenvalue weighted by molar-refractivity contribution is 0.967. The largest absolute Gasteiger partial charge is 0.369 e. The molecular weight excluding hydrogens is 176 g/mol. The summed E-state index contributed by atoms with van der Waals surface area (Å²) >= 11 is 0. The van der Waals surface area contributed by atoms with Gasteiger partial charge in [0.25, 0.3) is 0 Å². The molecule has 0 bridgehead atoms. The van der Waals surface area contributed by atoms with Gasteiger partial charge in [0.1, 0.15) is 18.0 Å². The van der Waals surface area contributed by atoms with Crippen molar-refractivity contribution in [1.82, 2.24) is 4.98 Å². The van der Waals surface area contributed by atoms with E-state index in [0.717, 1.165) is 13.0 Å². The highest BCUT2D eigenvalue weighted by molar-refractivity contribution is 5.54. The summed E-state index contributed by atoms with van der Waals surface area (Å²) in [5.41, 5.74) is 0.820. The normalized spacial score (nSPS) is 8.79. The molecule has 0 aromatic carbocycles.